The minimum Gasteiger partial charge on any atom is -0.498 e. The Labute approximate surface area is 48.9 Å². The van der Waals surface area contributed by atoms with Crippen molar-refractivity contribution in [2.24, 2.45) is 0 Å². The van der Waals surface area contributed by atoms with Gasteiger partial charge in [0.1, 0.15) is 12.9 Å². The van der Waals surface area contributed by atoms with Crippen LogP contribution >= 0.6 is 0 Å². The molecule has 1 aliphatic heterocycles. The molecule has 0 saturated carbocycles. The Bertz CT molecular complexity index is 92.4. The fourth-order valence-electron chi connectivity index (χ4n) is 0.596. The largest absolute Gasteiger partial charge is 0.498 e. The molecule has 0 radical (unpaired) electrons. The van der Waals surface area contributed by atoms with E-state index < -0.39 is 0 Å². The fourth-order valence-corrected chi connectivity index (χ4v) is 0.596. The van der Waals surface area contributed by atoms with E-state index in [0.717, 1.165) is 13.2 Å². The zero-order valence-electron chi connectivity index (χ0n) is 4.92. The van der Waals surface area contributed by atoms with Crippen molar-refractivity contribution in [1.29, 1.82) is 0 Å². The van der Waals surface area contributed by atoms with Crippen molar-refractivity contribution in [2.75, 3.05) is 20.2 Å². The summed E-state index contributed by atoms with van der Waals surface area (Å²) in [6.07, 6.45) is 3.55. The van der Waals surface area contributed by atoms with E-state index in [1.807, 2.05) is 18.3 Å². The molecule has 3 nitrogen and oxygen atoms in total. The zero-order chi connectivity index (χ0) is 5.82. The summed E-state index contributed by atoms with van der Waals surface area (Å²) in [7, 11) is 1.88. The van der Waals surface area contributed by atoms with Crippen molar-refractivity contribution < 1.29 is 4.74 Å². The summed E-state index contributed by atoms with van der Waals surface area (Å²) in [5, 5.41) is 1.96. The van der Waals surface area contributed by atoms with Gasteiger partial charge in [-0.3, -0.25) is 0 Å². The minimum atomic E-state index is 0.775. The van der Waals surface area contributed by atoms with Crippen molar-refractivity contribution in [3.63, 3.8) is 0 Å². The molecule has 0 aromatic heterocycles. The monoisotopic (exact) mass is 114 g/mol. The first-order chi connectivity index (χ1) is 3.93. The Balaban J connectivity index is 2.32. The lowest BCUT2D eigenvalue weighted by molar-refractivity contribution is 0.148. The summed E-state index contributed by atoms with van der Waals surface area (Å²) >= 11 is 0. The van der Waals surface area contributed by atoms with Crippen molar-refractivity contribution in [3.05, 3.63) is 12.5 Å². The second kappa shape index (κ2) is 2.57. The van der Waals surface area contributed by atoms with Gasteiger partial charge in [0.15, 0.2) is 0 Å². The van der Waals surface area contributed by atoms with Gasteiger partial charge in [0.05, 0.1) is 12.7 Å². The Kier molecular flexibility index (Phi) is 1.75. The third kappa shape index (κ3) is 1.13. The summed E-state index contributed by atoms with van der Waals surface area (Å²) in [4.78, 5) is 0. The van der Waals surface area contributed by atoms with Gasteiger partial charge in [0.25, 0.3) is 0 Å². The standard InChI is InChI=1S/C5H10N2O/c1-6-7-2-4-8-5-3-7/h2,4,6H,3,5H2,1H3. The van der Waals surface area contributed by atoms with Crippen LogP contribution in [0.1, 0.15) is 0 Å². The second-order valence-corrected chi connectivity index (χ2v) is 1.57. The van der Waals surface area contributed by atoms with Crippen LogP contribution in [0, 0.1) is 0 Å². The smallest absolute Gasteiger partial charge is 0.106 e. The van der Waals surface area contributed by atoms with E-state index in [2.05, 4.69) is 5.43 Å². The second-order valence-electron chi connectivity index (χ2n) is 1.57. The molecular formula is C5H10N2O. The number of hydrogen-bond donors (Lipinski definition) is 1. The van der Waals surface area contributed by atoms with Gasteiger partial charge < -0.3 is 9.75 Å². The van der Waals surface area contributed by atoms with Gasteiger partial charge in [-0.15, -0.1) is 0 Å². The van der Waals surface area contributed by atoms with Crippen molar-refractivity contribution in [1.82, 2.24) is 10.4 Å². The summed E-state index contributed by atoms with van der Waals surface area (Å²) in [5.74, 6) is 0. The highest BCUT2D eigenvalue weighted by atomic mass is 16.5. The molecule has 1 heterocycles. The van der Waals surface area contributed by atoms with E-state index in [9.17, 15) is 0 Å². The molecule has 0 atom stereocenters. The molecule has 0 fully saturated rings. The number of nitrogens with zero attached hydrogens (tertiary/aromatic N) is 1. The van der Waals surface area contributed by atoms with E-state index in [0.29, 0.717) is 0 Å². The van der Waals surface area contributed by atoms with E-state index in [-0.39, 0.29) is 0 Å². The molecule has 0 bridgehead atoms. The van der Waals surface area contributed by atoms with Gasteiger partial charge in [0, 0.05) is 7.05 Å². The molecule has 0 aliphatic carbocycles. The third-order valence-electron chi connectivity index (χ3n) is 1.07. The van der Waals surface area contributed by atoms with Crippen LogP contribution in [-0.2, 0) is 4.74 Å². The maximum atomic E-state index is 4.94. The highest BCUT2D eigenvalue weighted by molar-refractivity contribution is 4.76. The lowest BCUT2D eigenvalue weighted by Gasteiger charge is -2.21. The molecule has 0 aromatic rings. The van der Waals surface area contributed by atoms with Crippen LogP contribution in [0.15, 0.2) is 12.5 Å². The molecule has 1 rings (SSSR count). The quantitative estimate of drug-likeness (QED) is 0.516. The molecule has 8 heavy (non-hydrogen) atoms. The van der Waals surface area contributed by atoms with Gasteiger partial charge >= 0.3 is 0 Å². The Morgan fingerprint density at radius 3 is 3.00 bits per heavy atom. The number of hydrazine groups is 1. The average molecular weight is 114 g/mol. The van der Waals surface area contributed by atoms with Crippen molar-refractivity contribution in [3.8, 4) is 0 Å². The van der Waals surface area contributed by atoms with Crippen LogP contribution in [0.25, 0.3) is 0 Å². The first-order valence-electron chi connectivity index (χ1n) is 2.66. The summed E-state index contributed by atoms with van der Waals surface area (Å²) in [6, 6.07) is 0. The van der Waals surface area contributed by atoms with Crippen molar-refractivity contribution >= 4 is 0 Å². The predicted octanol–water partition coefficient (Wildman–Crippen LogP) is -0.0758. The SMILES string of the molecule is CNN1C=COCC1. The Hall–Kier alpha value is -0.700. The van der Waals surface area contributed by atoms with Crippen LogP contribution in [0.2, 0.25) is 0 Å². The summed E-state index contributed by atoms with van der Waals surface area (Å²) < 4.78 is 4.94. The number of ether oxygens (including phenoxy) is 1. The summed E-state index contributed by atoms with van der Waals surface area (Å²) in [6.45, 7) is 1.70. The fraction of sp³-hybridized carbons (Fsp3) is 0.600. The minimum absolute atomic E-state index is 0.775. The van der Waals surface area contributed by atoms with Crippen LogP contribution in [0.4, 0.5) is 0 Å². The Morgan fingerprint density at radius 2 is 2.62 bits per heavy atom. The predicted molar refractivity (Wildman–Crippen MR) is 30.9 cm³/mol. The van der Waals surface area contributed by atoms with Gasteiger partial charge in [-0.2, -0.15) is 0 Å². The molecule has 1 aliphatic rings. The van der Waals surface area contributed by atoms with Gasteiger partial charge in [-0.05, 0) is 0 Å². The lowest BCUT2D eigenvalue weighted by Crippen LogP contribution is -2.34. The first kappa shape index (κ1) is 5.44. The average Bonchev–Trinajstić information content (AvgIpc) is 1.90. The van der Waals surface area contributed by atoms with Crippen LogP contribution < -0.4 is 5.43 Å². The maximum Gasteiger partial charge on any atom is 0.106 e. The molecular weight excluding hydrogens is 104 g/mol. The van der Waals surface area contributed by atoms with Gasteiger partial charge in [0.2, 0.25) is 0 Å². The van der Waals surface area contributed by atoms with E-state index in [1.54, 1.807) is 6.26 Å². The van der Waals surface area contributed by atoms with Crippen LogP contribution in [0.5, 0.6) is 0 Å². The molecule has 1 N–H and O–H groups in total. The normalized spacial score (nSPS) is 18.4. The molecule has 3 heteroatoms. The highest BCUT2D eigenvalue weighted by Crippen LogP contribution is 1.91. The lowest BCUT2D eigenvalue weighted by atomic mass is 10.6. The van der Waals surface area contributed by atoms with Gasteiger partial charge in [-0.25, -0.2) is 5.43 Å². The third-order valence-corrected chi connectivity index (χ3v) is 1.07. The van der Waals surface area contributed by atoms with E-state index >= 15 is 0 Å². The van der Waals surface area contributed by atoms with E-state index in [4.69, 9.17) is 4.74 Å². The molecule has 46 valence electrons. The molecule has 0 spiro atoms. The molecule has 0 aromatic carbocycles. The van der Waals surface area contributed by atoms with E-state index in [1.165, 1.54) is 0 Å². The molecule has 0 amide bonds. The van der Waals surface area contributed by atoms with Crippen LogP contribution in [0.3, 0.4) is 0 Å². The zero-order valence-corrected chi connectivity index (χ0v) is 4.92. The highest BCUT2D eigenvalue weighted by Gasteiger charge is 1.97. The molecule has 0 unspecified atom stereocenters. The topological polar surface area (TPSA) is 24.5 Å². The number of nitrogens with one attached hydrogen (secondary N) is 1. The summed E-state index contributed by atoms with van der Waals surface area (Å²) in [5.41, 5.74) is 2.97. The number of hydrogen-bond acceptors (Lipinski definition) is 3. The number of rotatable bonds is 1. The first-order valence-corrected chi connectivity index (χ1v) is 2.66. The maximum absolute atomic E-state index is 4.94. The van der Waals surface area contributed by atoms with Crippen LogP contribution in [-0.4, -0.2) is 25.2 Å². The Morgan fingerprint density at radius 1 is 1.75 bits per heavy atom. The molecule has 0 saturated heterocycles. The van der Waals surface area contributed by atoms with Gasteiger partial charge in [-0.1, -0.05) is 0 Å². The van der Waals surface area contributed by atoms with Crippen molar-refractivity contribution in [2.45, 2.75) is 0 Å².